The van der Waals surface area contributed by atoms with Gasteiger partial charge < -0.3 is 20.3 Å². The first-order valence-electron chi connectivity index (χ1n) is 12.8. The molecule has 2 aromatic rings. The van der Waals surface area contributed by atoms with Crippen molar-refractivity contribution in [3.63, 3.8) is 0 Å². The minimum Gasteiger partial charge on any atom is -0.444 e. The molecule has 0 saturated carbocycles. The first kappa shape index (κ1) is 28.9. The van der Waals surface area contributed by atoms with Crippen molar-refractivity contribution in [2.24, 2.45) is 0 Å². The van der Waals surface area contributed by atoms with Crippen LogP contribution in [0.15, 0.2) is 60.7 Å². The van der Waals surface area contributed by atoms with Crippen LogP contribution < -0.4 is 10.6 Å². The maximum atomic E-state index is 14.0. The highest BCUT2D eigenvalue weighted by atomic mass is 16.6. The van der Waals surface area contributed by atoms with Crippen LogP contribution >= 0.6 is 0 Å². The average Bonchev–Trinajstić information content (AvgIpc) is 2.84. The van der Waals surface area contributed by atoms with Crippen molar-refractivity contribution in [2.45, 2.75) is 78.0 Å². The van der Waals surface area contributed by atoms with Crippen LogP contribution in [0.3, 0.4) is 0 Å². The first-order valence-corrected chi connectivity index (χ1v) is 12.8. The summed E-state index contributed by atoms with van der Waals surface area (Å²) >= 11 is 0. The van der Waals surface area contributed by atoms with Gasteiger partial charge in [0.05, 0.1) is 0 Å². The lowest BCUT2D eigenvalue weighted by atomic mass is 10.0. The zero-order chi connectivity index (χ0) is 26.6. The summed E-state index contributed by atoms with van der Waals surface area (Å²) in [6.45, 7) is 10.1. The second kappa shape index (κ2) is 14.3. The second-order valence-electron chi connectivity index (χ2n) is 9.82. The molecule has 0 aromatic heterocycles. The third-order valence-corrected chi connectivity index (χ3v) is 5.65. The van der Waals surface area contributed by atoms with Gasteiger partial charge in [-0.05, 0) is 45.2 Å². The predicted octanol–water partition coefficient (Wildman–Crippen LogP) is 5.02. The Morgan fingerprint density at radius 3 is 2.08 bits per heavy atom. The lowest BCUT2D eigenvalue weighted by Gasteiger charge is -2.34. The van der Waals surface area contributed by atoms with E-state index in [0.717, 1.165) is 30.4 Å². The lowest BCUT2D eigenvalue weighted by molar-refractivity contribution is -0.142. The number of ether oxygens (including phenoxy) is 1. The van der Waals surface area contributed by atoms with Crippen molar-refractivity contribution in [1.82, 2.24) is 15.5 Å². The van der Waals surface area contributed by atoms with Gasteiger partial charge in [0.15, 0.2) is 0 Å². The summed E-state index contributed by atoms with van der Waals surface area (Å²) in [7, 11) is 0. The number of rotatable bonds is 12. The van der Waals surface area contributed by atoms with E-state index in [2.05, 4.69) is 17.6 Å². The summed E-state index contributed by atoms with van der Waals surface area (Å²) in [4.78, 5) is 41.5. The SMILES string of the molecule is CCCCCNC(=O)C(c1ccccc1)N(CC)C(=O)C(Cc1ccccc1)NC(=O)OC(C)(C)C. The first-order chi connectivity index (χ1) is 17.2. The third kappa shape index (κ3) is 9.36. The zero-order valence-electron chi connectivity index (χ0n) is 22.3. The molecule has 0 radical (unpaired) electrons. The second-order valence-corrected chi connectivity index (χ2v) is 9.82. The van der Waals surface area contributed by atoms with Crippen molar-refractivity contribution in [1.29, 1.82) is 0 Å². The molecule has 3 amide bonds. The smallest absolute Gasteiger partial charge is 0.408 e. The van der Waals surface area contributed by atoms with Gasteiger partial charge in [-0.15, -0.1) is 0 Å². The van der Waals surface area contributed by atoms with Gasteiger partial charge in [-0.1, -0.05) is 80.4 Å². The molecule has 2 rings (SSSR count). The van der Waals surface area contributed by atoms with Crippen molar-refractivity contribution >= 4 is 17.9 Å². The molecule has 0 bridgehead atoms. The summed E-state index contributed by atoms with van der Waals surface area (Å²) in [5.74, 6) is -0.576. The minimum atomic E-state index is -0.902. The molecule has 0 saturated heterocycles. The monoisotopic (exact) mass is 495 g/mol. The van der Waals surface area contributed by atoms with Crippen LogP contribution in [0.1, 0.15) is 71.0 Å². The number of hydrogen-bond donors (Lipinski definition) is 2. The molecule has 2 atom stereocenters. The number of alkyl carbamates (subject to hydrolysis) is 1. The Labute approximate surface area is 215 Å². The number of benzene rings is 2. The Kier molecular flexibility index (Phi) is 11.4. The van der Waals surface area contributed by atoms with Crippen molar-refractivity contribution in [3.8, 4) is 0 Å². The predicted molar refractivity (Wildman–Crippen MR) is 142 cm³/mol. The van der Waals surface area contributed by atoms with E-state index >= 15 is 0 Å². The maximum Gasteiger partial charge on any atom is 0.408 e. The van der Waals surface area contributed by atoms with Gasteiger partial charge in [0.25, 0.3) is 0 Å². The molecule has 0 aliphatic carbocycles. The molecule has 2 N–H and O–H groups in total. The number of unbranched alkanes of at least 4 members (excludes halogenated alkanes) is 2. The van der Waals surface area contributed by atoms with Crippen LogP contribution in [0, 0.1) is 0 Å². The van der Waals surface area contributed by atoms with E-state index in [1.807, 2.05) is 67.6 Å². The number of nitrogens with zero attached hydrogens (tertiary/aromatic N) is 1. The summed E-state index contributed by atoms with van der Waals surface area (Å²) in [6.07, 6.45) is 2.55. The molecule has 2 aromatic carbocycles. The standard InChI is InChI=1S/C29H41N3O4/c1-6-8-15-20-30-26(33)25(23-18-13-10-14-19-23)32(7-2)27(34)24(21-22-16-11-9-12-17-22)31-28(35)36-29(3,4)5/h9-14,16-19,24-25H,6-8,15,20-21H2,1-5H3,(H,30,33)(H,31,35). The maximum absolute atomic E-state index is 14.0. The highest BCUT2D eigenvalue weighted by molar-refractivity contribution is 5.92. The molecule has 0 aliphatic heterocycles. The van der Waals surface area contributed by atoms with Gasteiger partial charge >= 0.3 is 6.09 Å². The van der Waals surface area contributed by atoms with Gasteiger partial charge in [-0.2, -0.15) is 0 Å². The van der Waals surface area contributed by atoms with Crippen LogP contribution in [0.25, 0.3) is 0 Å². The van der Waals surface area contributed by atoms with Gasteiger partial charge in [0.2, 0.25) is 11.8 Å². The fraction of sp³-hybridized carbons (Fsp3) is 0.483. The molecule has 0 fully saturated rings. The molecule has 0 spiro atoms. The highest BCUT2D eigenvalue weighted by Gasteiger charge is 2.35. The van der Waals surface area contributed by atoms with Crippen molar-refractivity contribution in [2.75, 3.05) is 13.1 Å². The van der Waals surface area contributed by atoms with E-state index in [9.17, 15) is 14.4 Å². The van der Waals surface area contributed by atoms with Crippen molar-refractivity contribution in [3.05, 3.63) is 71.8 Å². The number of amides is 3. The van der Waals surface area contributed by atoms with Crippen LogP contribution in [0.5, 0.6) is 0 Å². The topological polar surface area (TPSA) is 87.7 Å². The van der Waals surface area contributed by atoms with E-state index in [1.54, 1.807) is 20.8 Å². The van der Waals surface area contributed by atoms with E-state index < -0.39 is 23.8 Å². The highest BCUT2D eigenvalue weighted by Crippen LogP contribution is 2.23. The molecule has 7 nitrogen and oxygen atoms in total. The molecule has 0 heterocycles. The number of hydrogen-bond acceptors (Lipinski definition) is 4. The van der Waals surface area contributed by atoms with E-state index in [1.165, 1.54) is 4.90 Å². The van der Waals surface area contributed by atoms with Gasteiger partial charge in [-0.25, -0.2) is 4.79 Å². The quantitative estimate of drug-likeness (QED) is 0.405. The summed E-state index contributed by atoms with van der Waals surface area (Å²) in [5, 5.41) is 5.76. The molecular weight excluding hydrogens is 454 g/mol. The number of likely N-dealkylation sites (N-methyl/N-ethyl adjacent to an activating group) is 1. The number of carbonyl (C=O) groups is 3. The van der Waals surface area contributed by atoms with Gasteiger partial charge in [0, 0.05) is 19.5 Å². The van der Waals surface area contributed by atoms with Crippen LogP contribution in [0.2, 0.25) is 0 Å². The Morgan fingerprint density at radius 1 is 0.917 bits per heavy atom. The fourth-order valence-electron chi connectivity index (χ4n) is 3.96. The Balaban J connectivity index is 2.36. The molecular formula is C29H41N3O4. The number of carbonyl (C=O) groups excluding carboxylic acids is 3. The Morgan fingerprint density at radius 2 is 1.53 bits per heavy atom. The Bertz CT molecular complexity index is 957. The summed E-state index contributed by atoms with van der Waals surface area (Å²) in [6, 6.07) is 17.0. The third-order valence-electron chi connectivity index (χ3n) is 5.65. The van der Waals surface area contributed by atoms with Crippen LogP contribution in [0.4, 0.5) is 4.79 Å². The van der Waals surface area contributed by atoms with Gasteiger partial charge in [-0.3, -0.25) is 9.59 Å². The van der Waals surface area contributed by atoms with E-state index in [0.29, 0.717) is 13.1 Å². The van der Waals surface area contributed by atoms with Crippen molar-refractivity contribution < 1.29 is 19.1 Å². The molecule has 0 aliphatic rings. The number of nitrogens with one attached hydrogen (secondary N) is 2. The largest absolute Gasteiger partial charge is 0.444 e. The Hall–Kier alpha value is -3.35. The lowest BCUT2D eigenvalue weighted by Crippen LogP contribution is -2.53. The molecule has 196 valence electrons. The average molecular weight is 496 g/mol. The van der Waals surface area contributed by atoms with E-state index in [4.69, 9.17) is 4.74 Å². The minimum absolute atomic E-state index is 0.233. The van der Waals surface area contributed by atoms with Crippen LogP contribution in [-0.4, -0.2) is 47.5 Å². The molecule has 36 heavy (non-hydrogen) atoms. The van der Waals surface area contributed by atoms with E-state index in [-0.39, 0.29) is 18.2 Å². The van der Waals surface area contributed by atoms with Gasteiger partial charge in [0.1, 0.15) is 17.7 Å². The fourth-order valence-corrected chi connectivity index (χ4v) is 3.96. The summed E-state index contributed by atoms with van der Waals surface area (Å²) in [5.41, 5.74) is 0.902. The zero-order valence-corrected chi connectivity index (χ0v) is 22.3. The molecule has 2 unspecified atom stereocenters. The summed E-state index contributed by atoms with van der Waals surface area (Å²) < 4.78 is 5.44. The normalized spacial score (nSPS) is 12.8. The van der Waals surface area contributed by atoms with Crippen LogP contribution in [-0.2, 0) is 20.7 Å². The molecule has 7 heteroatoms.